The summed E-state index contributed by atoms with van der Waals surface area (Å²) < 4.78 is 5.67. The Bertz CT molecular complexity index is 374. The van der Waals surface area contributed by atoms with Crippen LogP contribution >= 0.6 is 0 Å². The normalized spacial score (nSPS) is 22.4. The van der Waals surface area contributed by atoms with Gasteiger partial charge in [0, 0.05) is 30.5 Å². The van der Waals surface area contributed by atoms with Gasteiger partial charge in [0.05, 0.1) is 12.2 Å². The highest BCUT2D eigenvalue weighted by atomic mass is 16.5. The van der Waals surface area contributed by atoms with E-state index in [1.54, 1.807) is 13.1 Å². The van der Waals surface area contributed by atoms with E-state index in [-0.39, 0.29) is 6.10 Å². The van der Waals surface area contributed by atoms with E-state index < -0.39 is 6.10 Å². The fourth-order valence-corrected chi connectivity index (χ4v) is 2.21. The molecular weight excluding hydrogens is 216 g/mol. The second-order valence-electron chi connectivity index (χ2n) is 4.70. The number of nitrogens with zero attached hydrogens (tertiary/aromatic N) is 2. The van der Waals surface area contributed by atoms with Crippen molar-refractivity contribution in [3.63, 3.8) is 0 Å². The lowest BCUT2D eigenvalue weighted by Gasteiger charge is -2.22. The largest absolute Gasteiger partial charge is 0.389 e. The van der Waals surface area contributed by atoms with Gasteiger partial charge >= 0.3 is 0 Å². The summed E-state index contributed by atoms with van der Waals surface area (Å²) in [6, 6.07) is 0. The predicted molar refractivity (Wildman–Crippen MR) is 64.7 cm³/mol. The molecule has 0 amide bonds. The quantitative estimate of drug-likeness (QED) is 0.871. The molecule has 0 spiro atoms. The maximum absolute atomic E-state index is 9.51. The fourth-order valence-electron chi connectivity index (χ4n) is 2.21. The van der Waals surface area contributed by atoms with Crippen molar-refractivity contribution in [2.24, 2.45) is 0 Å². The molecule has 2 rings (SSSR count). The Morgan fingerprint density at radius 2 is 2.35 bits per heavy atom. The lowest BCUT2D eigenvalue weighted by molar-refractivity contribution is 0.0156. The Morgan fingerprint density at radius 3 is 2.94 bits per heavy atom. The number of ether oxygens (including phenoxy) is 1. The summed E-state index contributed by atoms with van der Waals surface area (Å²) in [7, 11) is 0. The zero-order valence-corrected chi connectivity index (χ0v) is 10.5. The van der Waals surface area contributed by atoms with Crippen molar-refractivity contribution < 1.29 is 9.84 Å². The van der Waals surface area contributed by atoms with Crippen LogP contribution in [0.3, 0.4) is 0 Å². The Labute approximate surface area is 102 Å². The lowest BCUT2D eigenvalue weighted by atomic mass is 10.1. The van der Waals surface area contributed by atoms with Crippen LogP contribution in [0, 0.1) is 6.92 Å². The highest BCUT2D eigenvalue weighted by Gasteiger charge is 2.16. The summed E-state index contributed by atoms with van der Waals surface area (Å²) in [5.41, 5.74) is 1.67. The molecule has 1 aromatic heterocycles. The molecule has 0 bridgehead atoms. The molecule has 1 aromatic rings. The van der Waals surface area contributed by atoms with Crippen LogP contribution in [0.5, 0.6) is 0 Å². The maximum Gasteiger partial charge on any atom is 0.131 e. The molecule has 17 heavy (non-hydrogen) atoms. The van der Waals surface area contributed by atoms with Gasteiger partial charge < -0.3 is 9.84 Å². The first-order valence-corrected chi connectivity index (χ1v) is 6.29. The molecule has 2 unspecified atom stereocenters. The third kappa shape index (κ3) is 3.23. The minimum absolute atomic E-state index is 0.264. The second kappa shape index (κ2) is 5.56. The van der Waals surface area contributed by atoms with E-state index in [4.69, 9.17) is 4.74 Å². The minimum Gasteiger partial charge on any atom is -0.389 e. The van der Waals surface area contributed by atoms with Crippen molar-refractivity contribution in [1.29, 1.82) is 0 Å². The van der Waals surface area contributed by atoms with Gasteiger partial charge in [-0.15, -0.1) is 0 Å². The molecule has 1 fully saturated rings. The molecule has 2 heterocycles. The smallest absolute Gasteiger partial charge is 0.131 e. The molecule has 4 heteroatoms. The second-order valence-corrected chi connectivity index (χ2v) is 4.70. The highest BCUT2D eigenvalue weighted by Crippen LogP contribution is 2.18. The summed E-state index contributed by atoms with van der Waals surface area (Å²) in [6.45, 7) is 4.50. The third-order valence-electron chi connectivity index (χ3n) is 3.20. The fraction of sp³-hybridized carbons (Fsp3) is 0.692. The van der Waals surface area contributed by atoms with Gasteiger partial charge in [-0.1, -0.05) is 0 Å². The van der Waals surface area contributed by atoms with Gasteiger partial charge in [-0.05, 0) is 33.1 Å². The molecule has 2 atom stereocenters. The summed E-state index contributed by atoms with van der Waals surface area (Å²) in [5.74, 6) is 0.818. The highest BCUT2D eigenvalue weighted by molar-refractivity contribution is 5.18. The summed E-state index contributed by atoms with van der Waals surface area (Å²) in [6.07, 6.45) is 5.76. The first kappa shape index (κ1) is 12.5. The first-order chi connectivity index (χ1) is 8.16. The molecular formula is C13H20N2O2. The number of aromatic nitrogens is 2. The van der Waals surface area contributed by atoms with Crippen LogP contribution < -0.4 is 0 Å². The number of aliphatic hydroxyl groups excluding tert-OH is 1. The van der Waals surface area contributed by atoms with Gasteiger partial charge in [0.25, 0.3) is 0 Å². The standard InChI is InChI=1S/C13H20N2O2/c1-9-12(10(2)16)8-14-13(15-9)7-11-5-3-4-6-17-11/h8,10-11,16H,3-7H2,1-2H3. The van der Waals surface area contributed by atoms with Crippen molar-refractivity contribution in [3.05, 3.63) is 23.3 Å². The molecule has 4 nitrogen and oxygen atoms in total. The topological polar surface area (TPSA) is 55.2 Å². The van der Waals surface area contributed by atoms with Gasteiger partial charge in [0.2, 0.25) is 0 Å². The Kier molecular flexibility index (Phi) is 4.07. The molecule has 0 saturated carbocycles. The Balaban J connectivity index is 2.04. The van der Waals surface area contributed by atoms with E-state index in [0.717, 1.165) is 43.0 Å². The molecule has 1 saturated heterocycles. The SMILES string of the molecule is Cc1nc(CC2CCCCO2)ncc1C(C)O. The van der Waals surface area contributed by atoms with Crippen molar-refractivity contribution in [2.75, 3.05) is 6.61 Å². The van der Waals surface area contributed by atoms with Crippen LogP contribution in [-0.2, 0) is 11.2 Å². The summed E-state index contributed by atoms with van der Waals surface area (Å²) >= 11 is 0. The molecule has 94 valence electrons. The van der Waals surface area contributed by atoms with Crippen LogP contribution in [0.2, 0.25) is 0 Å². The van der Waals surface area contributed by atoms with Gasteiger partial charge in [0.15, 0.2) is 0 Å². The number of rotatable bonds is 3. The van der Waals surface area contributed by atoms with Crippen LogP contribution in [0.4, 0.5) is 0 Å². The van der Waals surface area contributed by atoms with Crippen LogP contribution in [0.1, 0.15) is 49.4 Å². The zero-order valence-electron chi connectivity index (χ0n) is 10.5. The van der Waals surface area contributed by atoms with Gasteiger partial charge in [-0.25, -0.2) is 9.97 Å². The molecule has 0 aromatic carbocycles. The summed E-state index contributed by atoms with van der Waals surface area (Å²) in [4.78, 5) is 8.74. The maximum atomic E-state index is 9.51. The van der Waals surface area contributed by atoms with Crippen molar-refractivity contribution >= 4 is 0 Å². The van der Waals surface area contributed by atoms with E-state index in [9.17, 15) is 5.11 Å². The molecule has 1 aliphatic rings. The van der Waals surface area contributed by atoms with E-state index in [1.165, 1.54) is 6.42 Å². The monoisotopic (exact) mass is 236 g/mol. The molecule has 1 aliphatic heterocycles. The average Bonchev–Trinajstić information content (AvgIpc) is 2.30. The Morgan fingerprint density at radius 1 is 1.53 bits per heavy atom. The van der Waals surface area contributed by atoms with Gasteiger partial charge in [-0.3, -0.25) is 0 Å². The van der Waals surface area contributed by atoms with E-state index >= 15 is 0 Å². The van der Waals surface area contributed by atoms with Crippen LogP contribution in [0.15, 0.2) is 6.20 Å². The number of aryl methyl sites for hydroxylation is 1. The van der Waals surface area contributed by atoms with Crippen molar-refractivity contribution in [2.45, 2.75) is 51.7 Å². The van der Waals surface area contributed by atoms with Crippen LogP contribution in [-0.4, -0.2) is 27.8 Å². The first-order valence-electron chi connectivity index (χ1n) is 6.29. The number of hydrogen-bond acceptors (Lipinski definition) is 4. The van der Waals surface area contributed by atoms with Crippen molar-refractivity contribution in [3.8, 4) is 0 Å². The minimum atomic E-state index is -0.505. The predicted octanol–water partition coefficient (Wildman–Crippen LogP) is 1.95. The zero-order chi connectivity index (χ0) is 12.3. The number of hydrogen-bond donors (Lipinski definition) is 1. The average molecular weight is 236 g/mol. The lowest BCUT2D eigenvalue weighted by Crippen LogP contribution is -2.22. The van der Waals surface area contributed by atoms with E-state index in [0.29, 0.717) is 0 Å². The molecule has 1 N–H and O–H groups in total. The number of aliphatic hydroxyl groups is 1. The van der Waals surface area contributed by atoms with Gasteiger partial charge in [0.1, 0.15) is 5.82 Å². The summed E-state index contributed by atoms with van der Waals surface area (Å²) in [5, 5.41) is 9.51. The van der Waals surface area contributed by atoms with Crippen molar-refractivity contribution in [1.82, 2.24) is 9.97 Å². The Hall–Kier alpha value is -1.00. The van der Waals surface area contributed by atoms with Gasteiger partial charge in [-0.2, -0.15) is 0 Å². The van der Waals surface area contributed by atoms with E-state index in [1.807, 2.05) is 6.92 Å². The van der Waals surface area contributed by atoms with E-state index in [2.05, 4.69) is 9.97 Å². The van der Waals surface area contributed by atoms with Crippen LogP contribution in [0.25, 0.3) is 0 Å². The molecule has 0 aliphatic carbocycles. The third-order valence-corrected chi connectivity index (χ3v) is 3.20. The molecule has 0 radical (unpaired) electrons.